The third-order valence-electron chi connectivity index (χ3n) is 2.97. The average molecular weight is 242 g/mol. The van der Waals surface area contributed by atoms with Crippen LogP contribution in [-0.2, 0) is 0 Å². The molecule has 1 atom stereocenters. The predicted octanol–water partition coefficient (Wildman–Crippen LogP) is 0.875. The number of nitrogens with one attached hydrogen (secondary N) is 1. The van der Waals surface area contributed by atoms with Crippen molar-refractivity contribution in [2.24, 2.45) is 0 Å². The first-order valence-corrected chi connectivity index (χ1v) is 5.63. The van der Waals surface area contributed by atoms with Crippen LogP contribution in [0, 0.1) is 0 Å². The molecule has 17 heavy (non-hydrogen) atoms. The molecule has 0 radical (unpaired) electrons. The Balaban J connectivity index is 2.25. The summed E-state index contributed by atoms with van der Waals surface area (Å²) in [6, 6.07) is 2.32. The van der Waals surface area contributed by atoms with Gasteiger partial charge in [-0.1, -0.05) is 6.07 Å². The van der Waals surface area contributed by atoms with Crippen LogP contribution < -0.4 is 11.1 Å². The minimum absolute atomic E-state index is 0.191. The van der Waals surface area contributed by atoms with Gasteiger partial charge in [0.1, 0.15) is 5.82 Å². The average Bonchev–Trinajstić information content (AvgIpc) is 2.33. The topological polar surface area (TPSA) is 54.2 Å². The van der Waals surface area contributed by atoms with Gasteiger partial charge in [-0.2, -0.15) is 0 Å². The van der Waals surface area contributed by atoms with Gasteiger partial charge in [-0.05, 0) is 6.07 Å². The molecular formula is C11H16F2N4. The molecule has 1 aliphatic heterocycles. The molecule has 0 saturated carbocycles. The van der Waals surface area contributed by atoms with E-state index in [1.54, 1.807) is 17.0 Å². The number of halogens is 2. The molecule has 1 fully saturated rings. The third kappa shape index (κ3) is 2.70. The smallest absolute Gasteiger partial charge is 0.258 e. The maximum atomic E-state index is 13.2. The molecule has 3 N–H and O–H groups in total. The van der Waals surface area contributed by atoms with E-state index < -0.39 is 12.5 Å². The molecule has 0 aromatic carbocycles. The zero-order valence-electron chi connectivity index (χ0n) is 9.44. The van der Waals surface area contributed by atoms with Crippen molar-refractivity contribution in [3.63, 3.8) is 0 Å². The summed E-state index contributed by atoms with van der Waals surface area (Å²) in [5.41, 5.74) is 6.10. The Morgan fingerprint density at radius 2 is 2.06 bits per heavy atom. The Morgan fingerprint density at radius 1 is 1.35 bits per heavy atom. The van der Waals surface area contributed by atoms with Gasteiger partial charge in [0.2, 0.25) is 0 Å². The first-order chi connectivity index (χ1) is 8.20. The van der Waals surface area contributed by atoms with Gasteiger partial charge >= 0.3 is 0 Å². The Hall–Kier alpha value is -1.27. The highest BCUT2D eigenvalue weighted by atomic mass is 19.3. The van der Waals surface area contributed by atoms with Gasteiger partial charge in [0.05, 0.1) is 6.04 Å². The highest BCUT2D eigenvalue weighted by Crippen LogP contribution is 2.30. The maximum Gasteiger partial charge on any atom is 0.258 e. The van der Waals surface area contributed by atoms with E-state index in [-0.39, 0.29) is 5.82 Å². The third-order valence-corrected chi connectivity index (χ3v) is 2.97. The summed E-state index contributed by atoms with van der Waals surface area (Å²) in [7, 11) is 0. The number of hydrogen-bond donors (Lipinski definition) is 2. The standard InChI is InChI=1S/C11H16F2N4/c12-10(13)9(17-6-4-15-5-7-17)8-2-1-3-16-11(8)14/h1-3,9-10,15H,4-7H2,(H2,14,16)/t9-/m1/s1. The van der Waals surface area contributed by atoms with E-state index in [2.05, 4.69) is 10.3 Å². The Kier molecular flexibility index (Phi) is 3.86. The molecule has 1 saturated heterocycles. The number of hydrogen-bond acceptors (Lipinski definition) is 4. The lowest BCUT2D eigenvalue weighted by molar-refractivity contribution is 0.0184. The molecular weight excluding hydrogens is 226 g/mol. The highest BCUT2D eigenvalue weighted by Gasteiger charge is 2.31. The summed E-state index contributed by atoms with van der Waals surface area (Å²) in [6.45, 7) is 2.65. The van der Waals surface area contributed by atoms with E-state index in [0.717, 1.165) is 13.1 Å². The lowest BCUT2D eigenvalue weighted by Gasteiger charge is -2.34. The SMILES string of the molecule is Nc1ncccc1[C@H](C(F)F)N1CCNCC1. The van der Waals surface area contributed by atoms with E-state index in [0.29, 0.717) is 18.7 Å². The molecule has 0 amide bonds. The Labute approximate surface area is 98.8 Å². The second-order valence-electron chi connectivity index (χ2n) is 4.04. The molecule has 94 valence electrons. The highest BCUT2D eigenvalue weighted by molar-refractivity contribution is 5.41. The van der Waals surface area contributed by atoms with Crippen LogP contribution in [0.15, 0.2) is 18.3 Å². The number of alkyl halides is 2. The van der Waals surface area contributed by atoms with Crippen molar-refractivity contribution in [2.75, 3.05) is 31.9 Å². The lowest BCUT2D eigenvalue weighted by atomic mass is 10.1. The minimum atomic E-state index is -2.46. The van der Waals surface area contributed by atoms with Crippen molar-refractivity contribution in [1.29, 1.82) is 0 Å². The fraction of sp³-hybridized carbons (Fsp3) is 0.545. The maximum absolute atomic E-state index is 13.2. The van der Waals surface area contributed by atoms with E-state index in [9.17, 15) is 8.78 Å². The van der Waals surface area contributed by atoms with Crippen molar-refractivity contribution < 1.29 is 8.78 Å². The first kappa shape index (κ1) is 12.2. The molecule has 6 heteroatoms. The number of nitrogen functional groups attached to an aromatic ring is 1. The molecule has 1 aromatic rings. The number of nitrogens with zero attached hydrogens (tertiary/aromatic N) is 2. The summed E-state index contributed by atoms with van der Waals surface area (Å²) in [6.07, 6.45) is -0.946. The van der Waals surface area contributed by atoms with Crippen molar-refractivity contribution in [1.82, 2.24) is 15.2 Å². The largest absolute Gasteiger partial charge is 0.383 e. The zero-order chi connectivity index (χ0) is 12.3. The van der Waals surface area contributed by atoms with E-state index >= 15 is 0 Å². The van der Waals surface area contributed by atoms with Gasteiger partial charge in [-0.25, -0.2) is 13.8 Å². The number of anilines is 1. The molecule has 2 rings (SSSR count). The Morgan fingerprint density at radius 3 is 2.65 bits per heavy atom. The number of aromatic nitrogens is 1. The van der Waals surface area contributed by atoms with Crippen LogP contribution in [0.1, 0.15) is 11.6 Å². The molecule has 1 aliphatic rings. The summed E-state index contributed by atoms with van der Waals surface area (Å²) >= 11 is 0. The summed E-state index contributed by atoms with van der Waals surface area (Å²) < 4.78 is 26.4. The lowest BCUT2D eigenvalue weighted by Crippen LogP contribution is -2.47. The van der Waals surface area contributed by atoms with Crippen LogP contribution in [0.25, 0.3) is 0 Å². The van der Waals surface area contributed by atoms with Crippen molar-refractivity contribution in [2.45, 2.75) is 12.5 Å². The van der Waals surface area contributed by atoms with E-state index in [1.807, 2.05) is 0 Å². The van der Waals surface area contributed by atoms with Crippen LogP contribution in [0.2, 0.25) is 0 Å². The minimum Gasteiger partial charge on any atom is -0.383 e. The first-order valence-electron chi connectivity index (χ1n) is 5.63. The van der Waals surface area contributed by atoms with Crippen molar-refractivity contribution in [3.8, 4) is 0 Å². The van der Waals surface area contributed by atoms with Crippen LogP contribution in [0.3, 0.4) is 0 Å². The summed E-state index contributed by atoms with van der Waals surface area (Å²) in [5, 5.41) is 3.14. The molecule has 4 nitrogen and oxygen atoms in total. The normalized spacial score (nSPS) is 19.5. The van der Waals surface area contributed by atoms with Crippen LogP contribution in [0.4, 0.5) is 14.6 Å². The quantitative estimate of drug-likeness (QED) is 0.826. The predicted molar refractivity (Wildman–Crippen MR) is 61.8 cm³/mol. The number of pyridine rings is 1. The monoisotopic (exact) mass is 242 g/mol. The fourth-order valence-electron chi connectivity index (χ4n) is 2.13. The van der Waals surface area contributed by atoms with Crippen LogP contribution in [-0.4, -0.2) is 42.5 Å². The van der Waals surface area contributed by atoms with E-state index in [1.165, 1.54) is 6.20 Å². The summed E-state index contributed by atoms with van der Waals surface area (Å²) in [5.74, 6) is 0.191. The van der Waals surface area contributed by atoms with E-state index in [4.69, 9.17) is 5.73 Å². The van der Waals surface area contributed by atoms with Crippen molar-refractivity contribution in [3.05, 3.63) is 23.9 Å². The molecule has 0 spiro atoms. The molecule has 0 bridgehead atoms. The van der Waals surface area contributed by atoms with Crippen LogP contribution in [0.5, 0.6) is 0 Å². The Bertz CT molecular complexity index is 366. The van der Waals surface area contributed by atoms with Gasteiger partial charge in [0, 0.05) is 37.9 Å². The molecule has 2 heterocycles. The van der Waals surface area contributed by atoms with Crippen molar-refractivity contribution >= 4 is 5.82 Å². The zero-order valence-corrected chi connectivity index (χ0v) is 9.44. The van der Waals surface area contributed by atoms with Crippen LogP contribution >= 0.6 is 0 Å². The van der Waals surface area contributed by atoms with Gasteiger partial charge in [-0.15, -0.1) is 0 Å². The second kappa shape index (κ2) is 5.37. The number of rotatable bonds is 3. The van der Waals surface area contributed by atoms with Gasteiger partial charge < -0.3 is 11.1 Å². The number of nitrogens with two attached hydrogens (primary N) is 1. The molecule has 1 aromatic heterocycles. The molecule has 0 aliphatic carbocycles. The second-order valence-corrected chi connectivity index (χ2v) is 4.04. The van der Waals surface area contributed by atoms with Gasteiger partial charge in [0.15, 0.2) is 0 Å². The van der Waals surface area contributed by atoms with Gasteiger partial charge in [0.25, 0.3) is 6.43 Å². The fourth-order valence-corrected chi connectivity index (χ4v) is 2.13. The molecule has 0 unspecified atom stereocenters. The summed E-state index contributed by atoms with van der Waals surface area (Å²) in [4.78, 5) is 5.64. The number of piperazine rings is 1. The van der Waals surface area contributed by atoms with Gasteiger partial charge in [-0.3, -0.25) is 4.90 Å².